The van der Waals surface area contributed by atoms with Crippen molar-refractivity contribution in [3.63, 3.8) is 0 Å². The topological polar surface area (TPSA) is 15.3 Å². The standard InChI is InChI=1S/C14H29FN2/c1-4-6-14-10-16-13(9-12(2)3)11-17(14)8-5-7-15/h12-14,16H,4-11H2,1-3H3. The summed E-state index contributed by atoms with van der Waals surface area (Å²) in [5, 5.41) is 3.66. The second-order valence-corrected chi connectivity index (χ2v) is 5.71. The molecule has 0 aromatic carbocycles. The van der Waals surface area contributed by atoms with Crippen LogP contribution in [-0.2, 0) is 0 Å². The normalized spacial score (nSPS) is 26.6. The summed E-state index contributed by atoms with van der Waals surface area (Å²) in [7, 11) is 0. The summed E-state index contributed by atoms with van der Waals surface area (Å²) >= 11 is 0. The van der Waals surface area contributed by atoms with Crippen LogP contribution >= 0.6 is 0 Å². The maximum atomic E-state index is 12.3. The Hall–Kier alpha value is -0.150. The molecule has 2 atom stereocenters. The van der Waals surface area contributed by atoms with Crippen molar-refractivity contribution in [3.05, 3.63) is 0 Å². The molecule has 0 saturated carbocycles. The van der Waals surface area contributed by atoms with Crippen LogP contribution in [0.25, 0.3) is 0 Å². The molecule has 0 aliphatic carbocycles. The van der Waals surface area contributed by atoms with Gasteiger partial charge in [0.25, 0.3) is 0 Å². The van der Waals surface area contributed by atoms with Crippen molar-refractivity contribution in [1.29, 1.82) is 0 Å². The van der Waals surface area contributed by atoms with Gasteiger partial charge in [0.05, 0.1) is 6.67 Å². The molecule has 1 rings (SSSR count). The lowest BCUT2D eigenvalue weighted by atomic mass is 9.98. The summed E-state index contributed by atoms with van der Waals surface area (Å²) in [6.45, 7) is 9.69. The van der Waals surface area contributed by atoms with E-state index in [1.165, 1.54) is 19.3 Å². The second-order valence-electron chi connectivity index (χ2n) is 5.71. The smallest absolute Gasteiger partial charge is 0.0906 e. The molecule has 1 heterocycles. The van der Waals surface area contributed by atoms with Gasteiger partial charge in [0.2, 0.25) is 0 Å². The quantitative estimate of drug-likeness (QED) is 0.741. The fourth-order valence-corrected chi connectivity index (χ4v) is 2.81. The van der Waals surface area contributed by atoms with Crippen molar-refractivity contribution in [3.8, 4) is 0 Å². The van der Waals surface area contributed by atoms with Gasteiger partial charge in [-0.15, -0.1) is 0 Å². The summed E-state index contributed by atoms with van der Waals surface area (Å²) < 4.78 is 12.3. The molecule has 1 N–H and O–H groups in total. The molecule has 1 aliphatic heterocycles. The highest BCUT2D eigenvalue weighted by Crippen LogP contribution is 2.16. The first-order chi connectivity index (χ1) is 8.17. The van der Waals surface area contributed by atoms with Crippen LogP contribution in [0, 0.1) is 5.92 Å². The van der Waals surface area contributed by atoms with Gasteiger partial charge in [-0.2, -0.15) is 0 Å². The summed E-state index contributed by atoms with van der Waals surface area (Å²) in [6, 6.07) is 1.22. The van der Waals surface area contributed by atoms with Crippen molar-refractivity contribution in [2.75, 3.05) is 26.3 Å². The summed E-state index contributed by atoms with van der Waals surface area (Å²) in [6.07, 6.45) is 4.36. The van der Waals surface area contributed by atoms with Crippen molar-refractivity contribution >= 4 is 0 Å². The van der Waals surface area contributed by atoms with Gasteiger partial charge in [-0.25, -0.2) is 0 Å². The Kier molecular flexibility index (Phi) is 7.05. The summed E-state index contributed by atoms with van der Waals surface area (Å²) in [5.41, 5.74) is 0. The Balaban J connectivity index is 2.44. The monoisotopic (exact) mass is 244 g/mol. The van der Waals surface area contributed by atoms with Crippen LogP contribution < -0.4 is 5.32 Å². The predicted molar refractivity (Wildman–Crippen MR) is 72.1 cm³/mol. The number of nitrogens with one attached hydrogen (secondary N) is 1. The SMILES string of the molecule is CCCC1CNC(CC(C)C)CN1CCCF. The minimum Gasteiger partial charge on any atom is -0.311 e. The highest BCUT2D eigenvalue weighted by atomic mass is 19.1. The Morgan fingerprint density at radius 1 is 1.41 bits per heavy atom. The number of nitrogens with zero attached hydrogens (tertiary/aromatic N) is 1. The number of halogens is 1. The number of hydrogen-bond acceptors (Lipinski definition) is 2. The predicted octanol–water partition coefficient (Wildman–Crippen LogP) is 2.83. The van der Waals surface area contributed by atoms with Crippen molar-refractivity contribution < 1.29 is 4.39 Å². The Bertz CT molecular complexity index is 197. The number of rotatable bonds is 7. The number of hydrogen-bond donors (Lipinski definition) is 1. The molecule has 0 spiro atoms. The molecule has 1 saturated heterocycles. The first kappa shape index (κ1) is 14.9. The van der Waals surface area contributed by atoms with E-state index in [4.69, 9.17) is 0 Å². The van der Waals surface area contributed by atoms with E-state index in [1.807, 2.05) is 0 Å². The van der Waals surface area contributed by atoms with Gasteiger partial charge in [0, 0.05) is 31.7 Å². The Morgan fingerprint density at radius 3 is 2.76 bits per heavy atom. The fraction of sp³-hybridized carbons (Fsp3) is 1.00. The lowest BCUT2D eigenvalue weighted by Gasteiger charge is -2.41. The van der Waals surface area contributed by atoms with Gasteiger partial charge in [0.1, 0.15) is 0 Å². The molecular weight excluding hydrogens is 215 g/mol. The van der Waals surface area contributed by atoms with E-state index in [0.29, 0.717) is 18.5 Å². The molecule has 3 heteroatoms. The minimum atomic E-state index is -0.183. The molecule has 0 radical (unpaired) electrons. The zero-order valence-electron chi connectivity index (χ0n) is 11.7. The van der Waals surface area contributed by atoms with E-state index in [9.17, 15) is 4.39 Å². The number of alkyl halides is 1. The molecule has 0 bridgehead atoms. The van der Waals surface area contributed by atoms with Gasteiger partial charge in [-0.05, 0) is 25.2 Å². The molecule has 1 aliphatic rings. The van der Waals surface area contributed by atoms with Gasteiger partial charge in [0.15, 0.2) is 0 Å². The molecule has 0 aromatic heterocycles. The van der Waals surface area contributed by atoms with E-state index >= 15 is 0 Å². The van der Waals surface area contributed by atoms with Crippen LogP contribution in [0.5, 0.6) is 0 Å². The highest BCUT2D eigenvalue weighted by Gasteiger charge is 2.26. The Morgan fingerprint density at radius 2 is 2.18 bits per heavy atom. The average molecular weight is 244 g/mol. The third-order valence-electron chi connectivity index (χ3n) is 3.57. The van der Waals surface area contributed by atoms with Crippen LogP contribution in [0.1, 0.15) is 46.5 Å². The molecule has 1 fully saturated rings. The van der Waals surface area contributed by atoms with Crippen LogP contribution in [0.15, 0.2) is 0 Å². The second kappa shape index (κ2) is 8.04. The van der Waals surface area contributed by atoms with E-state index in [1.54, 1.807) is 0 Å². The molecule has 0 aromatic rings. The summed E-state index contributed by atoms with van der Waals surface area (Å²) in [4.78, 5) is 2.51. The van der Waals surface area contributed by atoms with Crippen LogP contribution in [-0.4, -0.2) is 43.3 Å². The molecule has 2 unspecified atom stereocenters. The third-order valence-corrected chi connectivity index (χ3v) is 3.57. The molecule has 102 valence electrons. The molecular formula is C14H29FN2. The lowest BCUT2D eigenvalue weighted by Crippen LogP contribution is -2.56. The minimum absolute atomic E-state index is 0.183. The summed E-state index contributed by atoms with van der Waals surface area (Å²) in [5.74, 6) is 0.734. The number of piperazine rings is 1. The van der Waals surface area contributed by atoms with Crippen molar-refractivity contribution in [1.82, 2.24) is 10.2 Å². The van der Waals surface area contributed by atoms with E-state index in [-0.39, 0.29) is 6.67 Å². The highest BCUT2D eigenvalue weighted by molar-refractivity contribution is 4.86. The lowest BCUT2D eigenvalue weighted by molar-refractivity contribution is 0.111. The van der Waals surface area contributed by atoms with E-state index < -0.39 is 0 Å². The molecule has 17 heavy (non-hydrogen) atoms. The van der Waals surface area contributed by atoms with Gasteiger partial charge >= 0.3 is 0 Å². The maximum absolute atomic E-state index is 12.3. The van der Waals surface area contributed by atoms with E-state index in [2.05, 4.69) is 31.0 Å². The zero-order chi connectivity index (χ0) is 12.7. The van der Waals surface area contributed by atoms with E-state index in [0.717, 1.165) is 25.6 Å². The molecule has 0 amide bonds. The van der Waals surface area contributed by atoms with Crippen LogP contribution in [0.2, 0.25) is 0 Å². The van der Waals surface area contributed by atoms with Gasteiger partial charge in [-0.1, -0.05) is 27.2 Å². The van der Waals surface area contributed by atoms with Crippen LogP contribution in [0.3, 0.4) is 0 Å². The average Bonchev–Trinajstić information content (AvgIpc) is 2.28. The third kappa shape index (κ3) is 5.35. The molecule has 2 nitrogen and oxygen atoms in total. The Labute approximate surface area is 106 Å². The van der Waals surface area contributed by atoms with Crippen LogP contribution in [0.4, 0.5) is 4.39 Å². The van der Waals surface area contributed by atoms with Gasteiger partial charge in [-0.3, -0.25) is 9.29 Å². The van der Waals surface area contributed by atoms with Crippen molar-refractivity contribution in [2.45, 2.75) is 58.5 Å². The van der Waals surface area contributed by atoms with Crippen molar-refractivity contribution in [2.24, 2.45) is 5.92 Å². The zero-order valence-corrected chi connectivity index (χ0v) is 11.7. The van der Waals surface area contributed by atoms with Gasteiger partial charge < -0.3 is 5.32 Å². The first-order valence-corrected chi connectivity index (χ1v) is 7.20. The first-order valence-electron chi connectivity index (χ1n) is 7.20. The largest absolute Gasteiger partial charge is 0.311 e. The fourth-order valence-electron chi connectivity index (χ4n) is 2.81. The maximum Gasteiger partial charge on any atom is 0.0906 e.